The number of thiazole rings is 1. The number of aromatic nitrogens is 3. The Labute approximate surface area is 177 Å². The quantitative estimate of drug-likeness (QED) is 0.477. The summed E-state index contributed by atoms with van der Waals surface area (Å²) >= 11 is 3.04. The maximum Gasteiger partial charge on any atom is 0.251 e. The number of H-pyrrole nitrogens is 1. The molecule has 1 amide bonds. The molecule has 0 unspecified atom stereocenters. The highest BCUT2D eigenvalue weighted by atomic mass is 32.2. The van der Waals surface area contributed by atoms with Crippen LogP contribution in [0.3, 0.4) is 0 Å². The Bertz CT molecular complexity index is 1030. The molecule has 6 nitrogen and oxygen atoms in total. The molecule has 1 fully saturated rings. The summed E-state index contributed by atoms with van der Waals surface area (Å²) in [5, 5.41) is 1.64. The Morgan fingerprint density at radius 3 is 3.03 bits per heavy atom. The van der Waals surface area contributed by atoms with Gasteiger partial charge in [0.15, 0.2) is 5.16 Å². The number of nitrogens with one attached hydrogen (secondary N) is 1. The Morgan fingerprint density at radius 2 is 2.21 bits per heavy atom. The van der Waals surface area contributed by atoms with Gasteiger partial charge >= 0.3 is 0 Å². The van der Waals surface area contributed by atoms with Crippen molar-refractivity contribution in [2.75, 3.05) is 18.8 Å². The van der Waals surface area contributed by atoms with Gasteiger partial charge in [0.25, 0.3) is 5.56 Å². The van der Waals surface area contributed by atoms with E-state index in [0.717, 1.165) is 48.4 Å². The monoisotopic (exact) mass is 428 g/mol. The second kappa shape index (κ2) is 9.09. The Morgan fingerprint density at radius 1 is 1.34 bits per heavy atom. The van der Waals surface area contributed by atoms with Gasteiger partial charge in [0.05, 0.1) is 21.0 Å². The van der Waals surface area contributed by atoms with Crippen LogP contribution in [0, 0.1) is 0 Å². The minimum Gasteiger partial charge on any atom is -0.341 e. The zero-order valence-corrected chi connectivity index (χ0v) is 18.0. The van der Waals surface area contributed by atoms with Crippen LogP contribution in [0.2, 0.25) is 0 Å². The third-order valence-electron chi connectivity index (χ3n) is 5.05. The predicted molar refractivity (Wildman–Crippen MR) is 118 cm³/mol. The average Bonchev–Trinajstić information content (AvgIpc) is 3.16. The van der Waals surface area contributed by atoms with Crippen molar-refractivity contribution in [1.82, 2.24) is 19.9 Å². The van der Waals surface area contributed by atoms with E-state index >= 15 is 0 Å². The summed E-state index contributed by atoms with van der Waals surface area (Å²) in [5.74, 6) is 0.663. The Kier molecular flexibility index (Phi) is 6.30. The van der Waals surface area contributed by atoms with Crippen LogP contribution in [0.1, 0.15) is 42.8 Å². The zero-order valence-electron chi connectivity index (χ0n) is 16.4. The van der Waals surface area contributed by atoms with Gasteiger partial charge in [-0.2, -0.15) is 0 Å². The lowest BCUT2D eigenvalue weighted by Gasteiger charge is -2.31. The summed E-state index contributed by atoms with van der Waals surface area (Å²) in [6.45, 7) is 3.54. The maximum atomic E-state index is 12.8. The van der Waals surface area contributed by atoms with Crippen molar-refractivity contribution in [2.45, 2.75) is 43.7 Å². The van der Waals surface area contributed by atoms with Gasteiger partial charge in [-0.1, -0.05) is 37.2 Å². The number of hydrogen-bond donors (Lipinski definition) is 1. The molecule has 1 N–H and O–H groups in total. The number of para-hydroxylation sites is 1. The fourth-order valence-electron chi connectivity index (χ4n) is 3.63. The molecule has 0 bridgehead atoms. The summed E-state index contributed by atoms with van der Waals surface area (Å²) in [5.41, 5.74) is 1.65. The first-order valence-electron chi connectivity index (χ1n) is 9.98. The van der Waals surface area contributed by atoms with Crippen LogP contribution < -0.4 is 5.56 Å². The number of piperidine rings is 1. The van der Waals surface area contributed by atoms with E-state index in [9.17, 15) is 9.59 Å². The average molecular weight is 429 g/mol. The number of rotatable bonds is 6. The molecule has 0 saturated carbocycles. The zero-order chi connectivity index (χ0) is 20.2. The normalized spacial score (nSPS) is 17.0. The van der Waals surface area contributed by atoms with Crippen molar-refractivity contribution in [3.8, 4) is 0 Å². The molecule has 0 spiro atoms. The number of amides is 1. The molecule has 1 saturated heterocycles. The Balaban J connectivity index is 1.39. The molecule has 2 aromatic heterocycles. The number of nitrogens with zero attached hydrogens (tertiary/aromatic N) is 3. The minimum absolute atomic E-state index is 0.0874. The number of benzene rings is 1. The predicted octanol–water partition coefficient (Wildman–Crippen LogP) is 3.83. The van der Waals surface area contributed by atoms with Crippen molar-refractivity contribution in [3.63, 3.8) is 0 Å². The molecule has 0 radical (unpaired) electrons. The van der Waals surface area contributed by atoms with Gasteiger partial charge in [-0.05, 0) is 31.4 Å². The highest BCUT2D eigenvalue weighted by Gasteiger charge is 2.27. The van der Waals surface area contributed by atoms with E-state index in [1.165, 1.54) is 22.5 Å². The molecule has 0 aliphatic carbocycles. The third kappa shape index (κ3) is 4.87. The van der Waals surface area contributed by atoms with Crippen LogP contribution in [0.4, 0.5) is 0 Å². The maximum absolute atomic E-state index is 12.8. The third-order valence-corrected chi connectivity index (χ3v) is 7.10. The van der Waals surface area contributed by atoms with Crippen molar-refractivity contribution < 1.29 is 4.79 Å². The van der Waals surface area contributed by atoms with E-state index in [1.807, 2.05) is 23.1 Å². The second-order valence-electron chi connectivity index (χ2n) is 7.28. The number of thioether (sulfide) groups is 1. The lowest BCUT2D eigenvalue weighted by Crippen LogP contribution is -2.40. The van der Waals surface area contributed by atoms with E-state index in [4.69, 9.17) is 4.98 Å². The summed E-state index contributed by atoms with van der Waals surface area (Å²) in [6.07, 6.45) is 3.74. The molecule has 1 atom stereocenters. The fourth-order valence-corrected chi connectivity index (χ4v) is 5.52. The summed E-state index contributed by atoms with van der Waals surface area (Å²) in [7, 11) is 0. The topological polar surface area (TPSA) is 79.0 Å². The number of likely N-dealkylation sites (tertiary alicyclic amines) is 1. The van der Waals surface area contributed by atoms with Crippen molar-refractivity contribution in [1.29, 1.82) is 0 Å². The highest BCUT2D eigenvalue weighted by Crippen LogP contribution is 2.33. The summed E-state index contributed by atoms with van der Waals surface area (Å²) in [6, 6.07) is 9.71. The number of aryl methyl sites for hydroxylation is 1. The van der Waals surface area contributed by atoms with Gasteiger partial charge in [-0.25, -0.2) is 9.97 Å². The molecule has 1 aliphatic rings. The van der Waals surface area contributed by atoms with Crippen LogP contribution in [0.5, 0.6) is 0 Å². The molecular formula is C21H24N4O2S2. The van der Waals surface area contributed by atoms with Crippen LogP contribution in [-0.4, -0.2) is 44.6 Å². The van der Waals surface area contributed by atoms with Crippen LogP contribution in [-0.2, 0) is 11.2 Å². The smallest absolute Gasteiger partial charge is 0.251 e. The molecule has 3 heterocycles. The summed E-state index contributed by atoms with van der Waals surface area (Å²) < 4.78 is 1.20. The number of aromatic amines is 1. The molecule has 4 rings (SSSR count). The number of carbonyl (C=O) groups is 1. The van der Waals surface area contributed by atoms with E-state index in [0.29, 0.717) is 17.6 Å². The first-order chi connectivity index (χ1) is 14.1. The largest absolute Gasteiger partial charge is 0.341 e. The molecule has 29 heavy (non-hydrogen) atoms. The molecule has 3 aromatic rings. The van der Waals surface area contributed by atoms with E-state index in [1.54, 1.807) is 11.3 Å². The van der Waals surface area contributed by atoms with Crippen molar-refractivity contribution in [2.24, 2.45) is 0 Å². The van der Waals surface area contributed by atoms with Gasteiger partial charge in [0, 0.05) is 30.8 Å². The standard InChI is InChI=1S/C21H24N4O2S2/c1-2-6-15-11-18(26)24-21(22-15)28-13-19(27)25-10-5-7-14(12-25)20-23-16-8-3-4-9-17(16)29-20/h3-4,8-9,11,14H,2,5-7,10,12-13H2,1H3,(H,22,24,26)/t14-/m1/s1. The first kappa shape index (κ1) is 20.1. The van der Waals surface area contributed by atoms with Crippen LogP contribution >= 0.6 is 23.1 Å². The van der Waals surface area contributed by atoms with Gasteiger partial charge < -0.3 is 9.88 Å². The number of carbonyl (C=O) groups excluding carboxylic acids is 1. The molecule has 1 aromatic carbocycles. The Hall–Kier alpha value is -2.19. The van der Waals surface area contributed by atoms with Crippen LogP contribution in [0.25, 0.3) is 10.2 Å². The number of hydrogen-bond acceptors (Lipinski definition) is 6. The molecule has 152 valence electrons. The van der Waals surface area contributed by atoms with Gasteiger partial charge in [-0.3, -0.25) is 9.59 Å². The summed E-state index contributed by atoms with van der Waals surface area (Å²) in [4.78, 5) is 38.5. The van der Waals surface area contributed by atoms with Gasteiger partial charge in [-0.15, -0.1) is 11.3 Å². The lowest BCUT2D eigenvalue weighted by molar-refractivity contribution is -0.129. The highest BCUT2D eigenvalue weighted by molar-refractivity contribution is 7.99. The molecule has 1 aliphatic heterocycles. The lowest BCUT2D eigenvalue weighted by atomic mass is 9.99. The second-order valence-corrected chi connectivity index (χ2v) is 9.31. The van der Waals surface area contributed by atoms with Gasteiger partial charge in [0.1, 0.15) is 0 Å². The SMILES string of the molecule is CCCc1cc(=O)[nH]c(SCC(=O)N2CCC[C@@H](c3nc4ccccc4s3)C2)n1. The molecule has 8 heteroatoms. The van der Waals surface area contributed by atoms with Gasteiger partial charge in [0.2, 0.25) is 5.91 Å². The van der Waals surface area contributed by atoms with E-state index in [-0.39, 0.29) is 17.2 Å². The molecular weight excluding hydrogens is 404 g/mol. The minimum atomic E-state index is -0.160. The number of fused-ring (bicyclic) bond motifs is 1. The van der Waals surface area contributed by atoms with E-state index < -0.39 is 0 Å². The fraction of sp³-hybridized carbons (Fsp3) is 0.429. The van der Waals surface area contributed by atoms with Crippen molar-refractivity contribution in [3.05, 3.63) is 51.4 Å². The van der Waals surface area contributed by atoms with Crippen molar-refractivity contribution >= 4 is 39.2 Å². The van der Waals surface area contributed by atoms with Crippen LogP contribution in [0.15, 0.2) is 40.3 Å². The van der Waals surface area contributed by atoms with E-state index in [2.05, 4.69) is 23.0 Å². The first-order valence-corrected chi connectivity index (χ1v) is 11.8.